The van der Waals surface area contributed by atoms with E-state index >= 15 is 0 Å². The molecule has 23 heavy (non-hydrogen) atoms. The van der Waals surface area contributed by atoms with Crippen molar-refractivity contribution in [2.75, 3.05) is 19.9 Å². The number of hydrogen-bond acceptors (Lipinski definition) is 2. The van der Waals surface area contributed by atoms with Crippen LogP contribution < -0.4 is 17.3 Å². The first kappa shape index (κ1) is 20.0. The monoisotopic (exact) mass is 338 g/mol. The minimum Gasteiger partial charge on any atom is -1.00 e. The largest absolute Gasteiger partial charge is 1.00 e. The minimum absolute atomic E-state index is 0. The van der Waals surface area contributed by atoms with Crippen LogP contribution in [0.3, 0.4) is 0 Å². The summed E-state index contributed by atoms with van der Waals surface area (Å²) in [6.07, 6.45) is 11.0. The van der Waals surface area contributed by atoms with E-state index in [0.29, 0.717) is 12.9 Å². The zero-order chi connectivity index (χ0) is 15.6. The summed E-state index contributed by atoms with van der Waals surface area (Å²) in [5.74, 6) is 0. The molecule has 0 saturated heterocycles. The van der Waals surface area contributed by atoms with Gasteiger partial charge in [-0.05, 0) is 12.8 Å². The Balaban J connectivity index is 0.00000264. The van der Waals surface area contributed by atoms with E-state index in [9.17, 15) is 0 Å². The van der Waals surface area contributed by atoms with Crippen molar-refractivity contribution < 1.29 is 22.0 Å². The summed E-state index contributed by atoms with van der Waals surface area (Å²) in [6.45, 7) is 7.22. The van der Waals surface area contributed by atoms with Crippen molar-refractivity contribution in [3.8, 4) is 0 Å². The molecule has 1 aromatic rings. The van der Waals surface area contributed by atoms with Gasteiger partial charge in [0.1, 0.15) is 12.9 Å². The first-order valence-corrected chi connectivity index (χ1v) is 8.79. The van der Waals surface area contributed by atoms with Gasteiger partial charge in [0, 0.05) is 12.2 Å². The lowest BCUT2D eigenvalue weighted by molar-refractivity contribution is -0.885. The third-order valence-corrected chi connectivity index (χ3v) is 4.23. The fraction of sp³-hybridized carbons (Fsp3) is 0.579. The molecule has 0 radical (unpaired) electrons. The van der Waals surface area contributed by atoms with Crippen LogP contribution in [0.2, 0.25) is 0 Å². The zero-order valence-corrected chi connectivity index (χ0v) is 15.3. The lowest BCUT2D eigenvalue weighted by atomic mass is 10.1. The van der Waals surface area contributed by atoms with Crippen molar-refractivity contribution in [1.82, 2.24) is 4.90 Å². The molecule has 0 aromatic heterocycles. The van der Waals surface area contributed by atoms with Crippen LogP contribution in [0.1, 0.15) is 57.7 Å². The molecule has 3 nitrogen and oxygen atoms in total. The maximum atomic E-state index is 5.89. The summed E-state index contributed by atoms with van der Waals surface area (Å²) < 4.78 is 5.89. The summed E-state index contributed by atoms with van der Waals surface area (Å²) in [5.41, 5.74) is 1.37. The number of benzene rings is 1. The highest BCUT2D eigenvalue weighted by Crippen LogP contribution is 2.18. The standard InChI is InChI=1S/C19H30N2O.ClH/c1-3-5-10-16-22-17-21-15-14-20(13-6-4-2)19(21)18-11-8-7-9-12-18;/h7-9,11-12,14-15,19H,3-6,10,13,16-17H2,1-2H3;1H. The Morgan fingerprint density at radius 3 is 2.48 bits per heavy atom. The minimum atomic E-state index is 0. The van der Waals surface area contributed by atoms with Crippen LogP contribution in [0.25, 0.3) is 0 Å². The Kier molecular flexibility index (Phi) is 10.0. The average Bonchev–Trinajstić information content (AvgIpc) is 2.96. The van der Waals surface area contributed by atoms with Crippen LogP contribution >= 0.6 is 0 Å². The molecule has 130 valence electrons. The average molecular weight is 339 g/mol. The summed E-state index contributed by atoms with van der Waals surface area (Å²) in [5, 5.41) is 0. The highest BCUT2D eigenvalue weighted by Gasteiger charge is 2.32. The van der Waals surface area contributed by atoms with Crippen LogP contribution in [0.15, 0.2) is 42.7 Å². The van der Waals surface area contributed by atoms with E-state index < -0.39 is 0 Å². The second-order valence-electron chi connectivity index (χ2n) is 6.07. The van der Waals surface area contributed by atoms with Gasteiger partial charge in [-0.15, -0.1) is 0 Å². The molecular formula is C19H31ClN2O. The first-order chi connectivity index (χ1) is 10.9. The fourth-order valence-electron chi connectivity index (χ4n) is 2.97. The predicted molar refractivity (Wildman–Crippen MR) is 91.2 cm³/mol. The molecule has 1 heterocycles. The smallest absolute Gasteiger partial charge is 0.195 e. The van der Waals surface area contributed by atoms with Gasteiger partial charge in [-0.25, -0.2) is 0 Å². The number of nitrogens with one attached hydrogen (secondary N) is 1. The second-order valence-corrected chi connectivity index (χ2v) is 6.07. The lowest BCUT2D eigenvalue weighted by Gasteiger charge is -2.28. The first-order valence-electron chi connectivity index (χ1n) is 8.79. The number of nitrogens with zero attached hydrogens (tertiary/aromatic N) is 1. The Labute approximate surface area is 147 Å². The normalized spacial score (nSPS) is 19.8. The Hall–Kier alpha value is -1.03. The second kappa shape index (κ2) is 11.5. The van der Waals surface area contributed by atoms with Gasteiger partial charge < -0.3 is 17.1 Å². The number of rotatable bonds is 10. The molecule has 0 amide bonds. The van der Waals surface area contributed by atoms with Crippen LogP contribution in [0.4, 0.5) is 0 Å². The van der Waals surface area contributed by atoms with Gasteiger partial charge in [0.25, 0.3) is 0 Å². The molecule has 1 aromatic carbocycles. The molecule has 4 heteroatoms. The molecule has 0 spiro atoms. The molecule has 0 saturated carbocycles. The van der Waals surface area contributed by atoms with E-state index in [2.05, 4.69) is 61.5 Å². The number of halogens is 1. The van der Waals surface area contributed by atoms with Gasteiger partial charge in [0.15, 0.2) is 6.17 Å². The maximum absolute atomic E-state index is 5.89. The van der Waals surface area contributed by atoms with Gasteiger partial charge >= 0.3 is 0 Å². The van der Waals surface area contributed by atoms with Crippen molar-refractivity contribution in [2.45, 2.75) is 52.1 Å². The zero-order valence-electron chi connectivity index (χ0n) is 14.5. The SMILES string of the molecule is CCCCCOCN1C=C[NH+](CCCC)C1c1ccccc1.[Cl-]. The molecule has 1 aliphatic rings. The molecule has 2 rings (SSSR count). The number of ether oxygens (including phenoxy) is 1. The van der Waals surface area contributed by atoms with E-state index in [-0.39, 0.29) is 12.4 Å². The Morgan fingerprint density at radius 2 is 1.78 bits per heavy atom. The molecule has 0 aliphatic carbocycles. The quantitative estimate of drug-likeness (QED) is 0.619. The summed E-state index contributed by atoms with van der Waals surface area (Å²) in [4.78, 5) is 3.86. The van der Waals surface area contributed by atoms with Gasteiger partial charge in [-0.3, -0.25) is 9.80 Å². The number of quaternary nitrogens is 1. The van der Waals surface area contributed by atoms with E-state index in [4.69, 9.17) is 4.74 Å². The molecular weight excluding hydrogens is 308 g/mol. The van der Waals surface area contributed by atoms with Crippen LogP contribution in [-0.2, 0) is 4.74 Å². The molecule has 1 aliphatic heterocycles. The molecule has 2 atom stereocenters. The van der Waals surface area contributed by atoms with Gasteiger partial charge in [-0.2, -0.15) is 0 Å². The van der Waals surface area contributed by atoms with Crippen molar-refractivity contribution >= 4 is 0 Å². The van der Waals surface area contributed by atoms with Gasteiger partial charge in [0.2, 0.25) is 0 Å². The van der Waals surface area contributed by atoms with Crippen LogP contribution in [0, 0.1) is 0 Å². The van der Waals surface area contributed by atoms with Crippen molar-refractivity contribution in [2.24, 2.45) is 0 Å². The van der Waals surface area contributed by atoms with E-state index in [1.165, 1.54) is 42.7 Å². The summed E-state index contributed by atoms with van der Waals surface area (Å²) >= 11 is 0. The highest BCUT2D eigenvalue weighted by atomic mass is 35.5. The fourth-order valence-corrected chi connectivity index (χ4v) is 2.97. The Morgan fingerprint density at radius 1 is 1.04 bits per heavy atom. The topological polar surface area (TPSA) is 16.9 Å². The van der Waals surface area contributed by atoms with Gasteiger partial charge in [-0.1, -0.05) is 63.4 Å². The number of unbranched alkanes of at least 4 members (excludes halogenated alkanes) is 3. The van der Waals surface area contributed by atoms with Gasteiger partial charge in [0.05, 0.1) is 12.7 Å². The maximum Gasteiger partial charge on any atom is 0.195 e. The predicted octanol–water partition coefficient (Wildman–Crippen LogP) is 0.325. The van der Waals surface area contributed by atoms with Crippen molar-refractivity contribution in [1.29, 1.82) is 0 Å². The summed E-state index contributed by atoms with van der Waals surface area (Å²) in [7, 11) is 0. The third kappa shape index (κ3) is 6.17. The molecule has 2 unspecified atom stereocenters. The van der Waals surface area contributed by atoms with E-state index in [1.807, 2.05) is 0 Å². The van der Waals surface area contributed by atoms with Crippen LogP contribution in [-0.4, -0.2) is 24.8 Å². The summed E-state index contributed by atoms with van der Waals surface area (Å²) in [6, 6.07) is 10.8. The van der Waals surface area contributed by atoms with E-state index in [1.54, 1.807) is 0 Å². The molecule has 0 fully saturated rings. The molecule has 0 bridgehead atoms. The van der Waals surface area contributed by atoms with Crippen LogP contribution in [0.5, 0.6) is 0 Å². The lowest BCUT2D eigenvalue weighted by Crippen LogP contribution is -3.07. The van der Waals surface area contributed by atoms with Crippen molar-refractivity contribution in [3.05, 3.63) is 48.3 Å². The molecule has 1 N–H and O–H groups in total. The van der Waals surface area contributed by atoms with Crippen molar-refractivity contribution in [3.63, 3.8) is 0 Å². The number of hydrogen-bond donors (Lipinski definition) is 1. The third-order valence-electron chi connectivity index (χ3n) is 4.23. The van der Waals surface area contributed by atoms with E-state index in [0.717, 1.165) is 13.0 Å². The highest BCUT2D eigenvalue weighted by molar-refractivity contribution is 5.18. The Bertz CT molecular complexity index is 438.